The summed E-state index contributed by atoms with van der Waals surface area (Å²) in [7, 11) is 1.66. The molecule has 2 aliphatic rings. The molecule has 1 aliphatic carbocycles. The molecular formula is C28H26ClNO2. The molecule has 3 nitrogen and oxygen atoms in total. The first-order chi connectivity index (χ1) is 15.6. The first-order valence-electron chi connectivity index (χ1n) is 11.0. The number of fused-ring (bicyclic) bond motifs is 1. The Bertz CT molecular complexity index is 1110. The van der Waals surface area contributed by atoms with Crippen LogP contribution in [0.3, 0.4) is 0 Å². The minimum absolute atomic E-state index is 0.0790. The van der Waals surface area contributed by atoms with Gasteiger partial charge in [-0.1, -0.05) is 78.4 Å². The minimum Gasteiger partial charge on any atom is -0.497 e. The molecule has 4 heteroatoms. The number of ether oxygens (including phenoxy) is 1. The Morgan fingerprint density at radius 3 is 2.28 bits per heavy atom. The number of carbonyl (C=O) groups excluding carboxylic acids is 1. The van der Waals surface area contributed by atoms with Crippen LogP contribution in [-0.2, 0) is 11.3 Å². The number of hydrogen-bond acceptors (Lipinski definition) is 2. The molecule has 5 rings (SSSR count). The highest BCUT2D eigenvalue weighted by molar-refractivity contribution is 6.30. The van der Waals surface area contributed by atoms with Crippen LogP contribution in [0.15, 0.2) is 91.0 Å². The fourth-order valence-corrected chi connectivity index (χ4v) is 5.37. The molecule has 1 fully saturated rings. The highest BCUT2D eigenvalue weighted by Crippen LogP contribution is 2.50. The lowest BCUT2D eigenvalue weighted by Gasteiger charge is -2.35. The Morgan fingerprint density at radius 1 is 0.875 bits per heavy atom. The smallest absolute Gasteiger partial charge is 0.227 e. The molecule has 0 saturated carbocycles. The van der Waals surface area contributed by atoms with Gasteiger partial charge in [0.2, 0.25) is 5.91 Å². The molecule has 0 N–H and O–H groups in total. The molecule has 0 spiro atoms. The van der Waals surface area contributed by atoms with Crippen LogP contribution in [0.1, 0.15) is 28.5 Å². The quantitative estimate of drug-likeness (QED) is 0.448. The minimum atomic E-state index is -0.0790. The molecule has 1 saturated heterocycles. The molecule has 1 aliphatic heterocycles. The van der Waals surface area contributed by atoms with E-state index in [1.807, 2.05) is 47.4 Å². The first-order valence-corrected chi connectivity index (χ1v) is 11.4. The molecule has 0 aromatic heterocycles. The van der Waals surface area contributed by atoms with E-state index in [0.717, 1.165) is 17.9 Å². The van der Waals surface area contributed by atoms with Crippen LogP contribution in [0, 0.1) is 11.8 Å². The van der Waals surface area contributed by atoms with Crippen LogP contribution in [0.5, 0.6) is 5.75 Å². The van der Waals surface area contributed by atoms with Gasteiger partial charge in [-0.25, -0.2) is 0 Å². The predicted octanol–water partition coefficient (Wildman–Crippen LogP) is 6.06. The highest BCUT2D eigenvalue weighted by Gasteiger charge is 2.48. The van der Waals surface area contributed by atoms with E-state index in [1.54, 1.807) is 7.11 Å². The zero-order valence-electron chi connectivity index (χ0n) is 18.0. The lowest BCUT2D eigenvalue weighted by atomic mass is 9.66. The normalized spacial score (nSPS) is 24.4. The highest BCUT2D eigenvalue weighted by atomic mass is 35.5. The summed E-state index contributed by atoms with van der Waals surface area (Å²) in [6.45, 7) is 1.37. The van der Waals surface area contributed by atoms with Gasteiger partial charge in [-0.3, -0.25) is 4.79 Å². The van der Waals surface area contributed by atoms with Gasteiger partial charge in [-0.15, -0.1) is 0 Å². The molecular weight excluding hydrogens is 418 g/mol. The monoisotopic (exact) mass is 443 g/mol. The number of allylic oxidation sites excluding steroid dienone is 1. The number of methoxy groups -OCH3 is 1. The second kappa shape index (κ2) is 8.84. The maximum atomic E-state index is 13.7. The third kappa shape index (κ3) is 3.93. The summed E-state index contributed by atoms with van der Waals surface area (Å²) in [5.74, 6) is 1.43. The number of amides is 1. The van der Waals surface area contributed by atoms with Gasteiger partial charge in [0.1, 0.15) is 5.75 Å². The van der Waals surface area contributed by atoms with Crippen LogP contribution >= 0.6 is 11.6 Å². The topological polar surface area (TPSA) is 29.5 Å². The van der Waals surface area contributed by atoms with Crippen LogP contribution < -0.4 is 4.74 Å². The molecule has 3 aromatic carbocycles. The van der Waals surface area contributed by atoms with Gasteiger partial charge in [-0.2, -0.15) is 0 Å². The van der Waals surface area contributed by atoms with E-state index in [0.29, 0.717) is 11.6 Å². The van der Waals surface area contributed by atoms with E-state index < -0.39 is 0 Å². The summed E-state index contributed by atoms with van der Waals surface area (Å²) in [5, 5.41) is 0.715. The fourth-order valence-electron chi connectivity index (χ4n) is 5.25. The summed E-state index contributed by atoms with van der Waals surface area (Å²) in [6, 6.07) is 26.5. The number of halogens is 1. The average Bonchev–Trinajstić information content (AvgIpc) is 3.15. The Kier molecular flexibility index (Phi) is 5.75. The van der Waals surface area contributed by atoms with Gasteiger partial charge in [0.15, 0.2) is 0 Å². The van der Waals surface area contributed by atoms with E-state index >= 15 is 0 Å². The summed E-state index contributed by atoms with van der Waals surface area (Å²) >= 11 is 6.18. The Hall–Kier alpha value is -3.04. The Balaban J connectivity index is 1.47. The fraction of sp³-hybridized carbons (Fsp3) is 0.250. The molecule has 32 heavy (non-hydrogen) atoms. The van der Waals surface area contributed by atoms with Crippen molar-refractivity contribution < 1.29 is 9.53 Å². The lowest BCUT2D eigenvalue weighted by Crippen LogP contribution is -2.33. The number of benzene rings is 3. The molecule has 162 valence electrons. The molecule has 0 unspecified atom stereocenters. The van der Waals surface area contributed by atoms with Crippen molar-refractivity contribution in [2.24, 2.45) is 11.8 Å². The van der Waals surface area contributed by atoms with E-state index in [1.165, 1.54) is 11.1 Å². The number of rotatable bonds is 5. The van der Waals surface area contributed by atoms with Crippen molar-refractivity contribution in [1.29, 1.82) is 0 Å². The van der Waals surface area contributed by atoms with E-state index in [2.05, 4.69) is 48.6 Å². The van der Waals surface area contributed by atoms with Gasteiger partial charge in [-0.05, 0) is 41.0 Å². The third-order valence-corrected chi connectivity index (χ3v) is 7.05. The SMILES string of the molecule is COc1ccc(CN2C[C@H]3C=C[C@@H](c4ccccc4)[C@H](c4ccc(Cl)cc4)[C@H]3C2=O)cc1. The van der Waals surface area contributed by atoms with Crippen molar-refractivity contribution in [3.05, 3.63) is 113 Å². The average molecular weight is 444 g/mol. The molecule has 1 amide bonds. The van der Waals surface area contributed by atoms with E-state index in [9.17, 15) is 4.79 Å². The van der Waals surface area contributed by atoms with Gasteiger partial charge >= 0.3 is 0 Å². The van der Waals surface area contributed by atoms with Crippen LogP contribution in [-0.4, -0.2) is 24.5 Å². The van der Waals surface area contributed by atoms with Crippen LogP contribution in [0.4, 0.5) is 0 Å². The molecule has 4 atom stereocenters. The van der Waals surface area contributed by atoms with Gasteiger partial charge in [0, 0.05) is 35.9 Å². The standard InChI is InChI=1S/C28H26ClNO2/c1-32-24-14-7-19(8-15-24)17-30-18-22-11-16-25(20-5-3-2-4-6-20)26(27(22)28(30)31)21-9-12-23(29)13-10-21/h2-16,22,25-27H,17-18H2,1H3/t22-,25+,26+,27+/m1/s1. The first kappa shape index (κ1) is 20.8. The summed E-state index contributed by atoms with van der Waals surface area (Å²) < 4.78 is 5.26. The van der Waals surface area contributed by atoms with Crippen molar-refractivity contribution in [2.45, 2.75) is 18.4 Å². The summed E-state index contributed by atoms with van der Waals surface area (Å²) in [4.78, 5) is 15.7. The maximum absolute atomic E-state index is 13.7. The second-order valence-electron chi connectivity index (χ2n) is 8.66. The molecule has 0 radical (unpaired) electrons. The lowest BCUT2D eigenvalue weighted by molar-refractivity contribution is -0.132. The van der Waals surface area contributed by atoms with Gasteiger partial charge < -0.3 is 9.64 Å². The molecule has 1 heterocycles. The zero-order chi connectivity index (χ0) is 22.1. The second-order valence-corrected chi connectivity index (χ2v) is 9.09. The maximum Gasteiger partial charge on any atom is 0.227 e. The van der Waals surface area contributed by atoms with Gasteiger partial charge in [0.25, 0.3) is 0 Å². The zero-order valence-corrected chi connectivity index (χ0v) is 18.8. The van der Waals surface area contributed by atoms with Crippen molar-refractivity contribution in [3.8, 4) is 5.75 Å². The van der Waals surface area contributed by atoms with Crippen molar-refractivity contribution >= 4 is 17.5 Å². The number of carbonyl (C=O) groups is 1. The van der Waals surface area contributed by atoms with Crippen molar-refractivity contribution in [3.63, 3.8) is 0 Å². The number of nitrogens with zero attached hydrogens (tertiary/aromatic N) is 1. The summed E-state index contributed by atoms with van der Waals surface area (Å²) in [6.07, 6.45) is 4.57. The predicted molar refractivity (Wildman–Crippen MR) is 128 cm³/mol. The van der Waals surface area contributed by atoms with Crippen LogP contribution in [0.2, 0.25) is 5.02 Å². The van der Waals surface area contributed by atoms with E-state index in [-0.39, 0.29) is 29.6 Å². The molecule has 3 aromatic rings. The largest absolute Gasteiger partial charge is 0.497 e. The van der Waals surface area contributed by atoms with Gasteiger partial charge in [0.05, 0.1) is 13.0 Å². The Morgan fingerprint density at radius 2 is 1.59 bits per heavy atom. The van der Waals surface area contributed by atoms with Crippen LogP contribution in [0.25, 0.3) is 0 Å². The summed E-state index contributed by atoms with van der Waals surface area (Å²) in [5.41, 5.74) is 3.52. The van der Waals surface area contributed by atoms with E-state index in [4.69, 9.17) is 16.3 Å². The number of likely N-dealkylation sites (tertiary alicyclic amines) is 1. The molecule has 0 bridgehead atoms. The van der Waals surface area contributed by atoms with Crippen molar-refractivity contribution in [2.75, 3.05) is 13.7 Å². The Labute approximate surface area is 194 Å². The number of hydrogen-bond donors (Lipinski definition) is 0. The third-order valence-electron chi connectivity index (χ3n) is 6.80. The van der Waals surface area contributed by atoms with Crippen molar-refractivity contribution in [1.82, 2.24) is 4.90 Å².